The van der Waals surface area contributed by atoms with E-state index >= 15 is 0 Å². The number of aliphatic hydroxyl groups excluding tert-OH is 1. The molecule has 0 unspecified atom stereocenters. The van der Waals surface area contributed by atoms with Crippen LogP contribution < -0.4 is 10.2 Å². The predicted octanol–water partition coefficient (Wildman–Crippen LogP) is 4.36. The van der Waals surface area contributed by atoms with Crippen molar-refractivity contribution in [2.45, 2.75) is 26.0 Å². The lowest BCUT2D eigenvalue weighted by molar-refractivity contribution is 0.00756. The second kappa shape index (κ2) is 11.4. The molecule has 8 heteroatoms. The lowest BCUT2D eigenvalue weighted by atomic mass is 10.0. The van der Waals surface area contributed by atoms with Gasteiger partial charge < -0.3 is 9.84 Å². The minimum Gasteiger partial charge on any atom is -0.491 e. The zero-order chi connectivity index (χ0) is 25.8. The van der Waals surface area contributed by atoms with Gasteiger partial charge in [-0.25, -0.2) is 9.99 Å². The molecule has 1 aliphatic rings. The van der Waals surface area contributed by atoms with Crippen molar-refractivity contribution in [3.05, 3.63) is 83.4 Å². The number of aromatic nitrogens is 1. The molecule has 7 nitrogen and oxygen atoms in total. The molecule has 192 valence electrons. The molecule has 4 aromatic rings. The molecule has 5 rings (SSSR count). The van der Waals surface area contributed by atoms with E-state index in [1.165, 1.54) is 0 Å². The average Bonchev–Trinajstić information content (AvgIpc) is 3.29. The van der Waals surface area contributed by atoms with Gasteiger partial charge in [-0.05, 0) is 49.2 Å². The molecule has 1 amide bonds. The minimum atomic E-state index is -0.614. The third-order valence-corrected chi connectivity index (χ3v) is 7.56. The van der Waals surface area contributed by atoms with Gasteiger partial charge in [0.05, 0.1) is 15.2 Å². The summed E-state index contributed by atoms with van der Waals surface area (Å²) in [4.78, 5) is 19.7. The normalized spacial score (nSPS) is 17.5. The van der Waals surface area contributed by atoms with Crippen LogP contribution in [0.25, 0.3) is 21.3 Å². The van der Waals surface area contributed by atoms with Crippen LogP contribution in [0.15, 0.2) is 72.8 Å². The molecule has 2 atom stereocenters. The van der Waals surface area contributed by atoms with E-state index in [4.69, 9.17) is 4.74 Å². The van der Waals surface area contributed by atoms with Gasteiger partial charge in [-0.1, -0.05) is 42.5 Å². The second-order valence-electron chi connectivity index (χ2n) is 9.50. The first kappa shape index (κ1) is 25.4. The number of nitrogens with one attached hydrogen (secondary N) is 1. The molecule has 37 heavy (non-hydrogen) atoms. The maximum atomic E-state index is 12.9. The van der Waals surface area contributed by atoms with Crippen molar-refractivity contribution in [1.29, 1.82) is 0 Å². The number of thiazole rings is 1. The number of nitrogens with zero attached hydrogens (tertiary/aromatic N) is 3. The van der Waals surface area contributed by atoms with E-state index in [2.05, 4.69) is 22.2 Å². The van der Waals surface area contributed by atoms with Crippen LogP contribution in [0.2, 0.25) is 0 Å². The Kier molecular flexibility index (Phi) is 7.81. The number of aliphatic hydroxyl groups is 1. The van der Waals surface area contributed by atoms with E-state index in [0.29, 0.717) is 30.9 Å². The highest BCUT2D eigenvalue weighted by atomic mass is 32.1. The van der Waals surface area contributed by atoms with Crippen molar-refractivity contribution in [2.75, 3.05) is 32.8 Å². The number of carbonyl (C=O) groups excluding carboxylic acids is 1. The molecule has 0 spiro atoms. The fourth-order valence-electron chi connectivity index (χ4n) is 4.67. The molecule has 0 saturated carbocycles. The molecule has 3 aromatic carbocycles. The third-order valence-electron chi connectivity index (χ3n) is 6.61. The summed E-state index contributed by atoms with van der Waals surface area (Å²) >= 11 is 1.66. The van der Waals surface area contributed by atoms with Gasteiger partial charge in [0.1, 0.15) is 18.5 Å². The Bertz CT molecular complexity index is 1360. The first-order valence-corrected chi connectivity index (χ1v) is 13.4. The zero-order valence-electron chi connectivity index (χ0n) is 21.1. The van der Waals surface area contributed by atoms with Crippen LogP contribution in [-0.4, -0.2) is 70.8 Å². The summed E-state index contributed by atoms with van der Waals surface area (Å²) in [5.41, 5.74) is 6.72. The topological polar surface area (TPSA) is 77.9 Å². The van der Waals surface area contributed by atoms with Crippen LogP contribution in [0.3, 0.4) is 0 Å². The van der Waals surface area contributed by atoms with Crippen molar-refractivity contribution < 1.29 is 14.6 Å². The van der Waals surface area contributed by atoms with Gasteiger partial charge in [0.15, 0.2) is 0 Å². The largest absolute Gasteiger partial charge is 0.491 e. The van der Waals surface area contributed by atoms with Gasteiger partial charge in [0.25, 0.3) is 5.91 Å². The standard InChI is InChI=1S/C29H32N4O3S/c1-20-17-33(31-29(35)24-10-6-9-23(15-24)22-7-4-3-5-8-22)14-13-32(20)18-25(34)19-36-26-11-12-28-27(16-26)30-21(2)37-28/h3-12,15-16,20,25,34H,13-14,17-19H2,1-2H3,(H,31,35)/t20-,25+/m0/s1. The van der Waals surface area contributed by atoms with Gasteiger partial charge in [-0.3, -0.25) is 15.1 Å². The molecule has 1 aromatic heterocycles. The first-order chi connectivity index (χ1) is 17.9. The van der Waals surface area contributed by atoms with Crippen LogP contribution in [0.1, 0.15) is 22.3 Å². The van der Waals surface area contributed by atoms with Crippen LogP contribution in [0.4, 0.5) is 0 Å². The first-order valence-electron chi connectivity index (χ1n) is 12.6. The van der Waals surface area contributed by atoms with Crippen molar-refractivity contribution in [1.82, 2.24) is 20.3 Å². The fourth-order valence-corrected chi connectivity index (χ4v) is 5.48. The van der Waals surface area contributed by atoms with E-state index in [-0.39, 0.29) is 18.6 Å². The summed E-state index contributed by atoms with van der Waals surface area (Å²) in [5, 5.41) is 13.6. The van der Waals surface area contributed by atoms with E-state index in [9.17, 15) is 9.90 Å². The molecule has 2 N–H and O–H groups in total. The van der Waals surface area contributed by atoms with Crippen molar-refractivity contribution in [2.24, 2.45) is 0 Å². The molecular formula is C29H32N4O3S. The number of benzene rings is 3. The fraction of sp³-hybridized carbons (Fsp3) is 0.310. The number of amides is 1. The van der Waals surface area contributed by atoms with Gasteiger partial charge in [0, 0.05) is 43.9 Å². The SMILES string of the molecule is Cc1nc2cc(OC[C@H](O)CN3CCN(NC(=O)c4cccc(-c5ccccc5)c4)C[C@@H]3C)ccc2s1. The molecule has 1 aliphatic heterocycles. The summed E-state index contributed by atoms with van der Waals surface area (Å²) in [5.74, 6) is 0.605. The summed E-state index contributed by atoms with van der Waals surface area (Å²) in [6, 6.07) is 23.8. The smallest absolute Gasteiger partial charge is 0.265 e. The highest BCUT2D eigenvalue weighted by Crippen LogP contribution is 2.26. The molecule has 1 saturated heterocycles. The Labute approximate surface area is 221 Å². The number of aryl methyl sites for hydroxylation is 1. The predicted molar refractivity (Wildman–Crippen MR) is 148 cm³/mol. The quantitative estimate of drug-likeness (QED) is 0.362. The lowest BCUT2D eigenvalue weighted by Gasteiger charge is -2.40. The van der Waals surface area contributed by atoms with Crippen LogP contribution in [0.5, 0.6) is 5.75 Å². The van der Waals surface area contributed by atoms with E-state index < -0.39 is 6.10 Å². The Morgan fingerprint density at radius 3 is 2.73 bits per heavy atom. The average molecular weight is 517 g/mol. The summed E-state index contributed by atoms with van der Waals surface area (Å²) in [6.07, 6.45) is -0.614. The number of ether oxygens (including phenoxy) is 1. The third kappa shape index (κ3) is 6.34. The minimum absolute atomic E-state index is 0.112. The van der Waals surface area contributed by atoms with Gasteiger partial charge in [-0.2, -0.15) is 0 Å². The number of hydrogen-bond acceptors (Lipinski definition) is 7. The van der Waals surface area contributed by atoms with Crippen molar-refractivity contribution in [3.63, 3.8) is 0 Å². The highest BCUT2D eigenvalue weighted by molar-refractivity contribution is 7.18. The summed E-state index contributed by atoms with van der Waals surface area (Å²) in [7, 11) is 0. The Balaban J connectivity index is 1.10. The second-order valence-corrected chi connectivity index (χ2v) is 10.7. The van der Waals surface area contributed by atoms with E-state index in [0.717, 1.165) is 32.9 Å². The Morgan fingerprint density at radius 2 is 1.92 bits per heavy atom. The van der Waals surface area contributed by atoms with Crippen molar-refractivity contribution >= 4 is 27.5 Å². The molecule has 1 fully saturated rings. The summed E-state index contributed by atoms with van der Waals surface area (Å²) < 4.78 is 6.98. The van der Waals surface area contributed by atoms with Gasteiger partial charge in [-0.15, -0.1) is 11.3 Å². The maximum absolute atomic E-state index is 12.9. The molecular weight excluding hydrogens is 484 g/mol. The Morgan fingerprint density at radius 1 is 1.11 bits per heavy atom. The van der Waals surface area contributed by atoms with Crippen LogP contribution in [0, 0.1) is 6.92 Å². The Hall–Kier alpha value is -3.30. The summed E-state index contributed by atoms with van der Waals surface area (Å²) in [6.45, 7) is 6.94. The number of rotatable bonds is 8. The van der Waals surface area contributed by atoms with Crippen LogP contribution in [-0.2, 0) is 0 Å². The molecule has 0 radical (unpaired) electrons. The number of hydrogen-bond donors (Lipinski definition) is 2. The number of β-amino-alcohol motifs (C(OH)–C–C–N with tert-alkyl or cyclic N) is 1. The van der Waals surface area contributed by atoms with E-state index in [1.54, 1.807) is 11.3 Å². The van der Waals surface area contributed by atoms with Gasteiger partial charge >= 0.3 is 0 Å². The number of piperazine rings is 1. The highest BCUT2D eigenvalue weighted by Gasteiger charge is 2.26. The maximum Gasteiger partial charge on any atom is 0.265 e. The molecule has 0 bridgehead atoms. The number of fused-ring (bicyclic) bond motifs is 1. The molecule has 0 aliphatic carbocycles. The zero-order valence-corrected chi connectivity index (χ0v) is 21.9. The lowest BCUT2D eigenvalue weighted by Crippen LogP contribution is -2.58. The van der Waals surface area contributed by atoms with E-state index in [1.807, 2.05) is 84.7 Å². The van der Waals surface area contributed by atoms with Crippen LogP contribution >= 0.6 is 11.3 Å². The number of hydrazine groups is 1. The van der Waals surface area contributed by atoms with Gasteiger partial charge in [0.2, 0.25) is 0 Å². The van der Waals surface area contributed by atoms with Crippen molar-refractivity contribution in [3.8, 4) is 16.9 Å². The molecule has 2 heterocycles. The number of carbonyl (C=O) groups is 1. The monoisotopic (exact) mass is 516 g/mol.